The lowest BCUT2D eigenvalue weighted by Gasteiger charge is -2.24. The summed E-state index contributed by atoms with van der Waals surface area (Å²) in [6.07, 6.45) is 1.47. The number of benzene rings is 2. The van der Waals surface area contributed by atoms with Gasteiger partial charge in [0.25, 0.3) is 0 Å². The van der Waals surface area contributed by atoms with Crippen LogP contribution < -0.4 is 10.1 Å². The van der Waals surface area contributed by atoms with Crippen molar-refractivity contribution in [3.63, 3.8) is 0 Å². The third kappa shape index (κ3) is 5.68. The number of nitrogens with one attached hydrogen (secondary N) is 1. The number of rotatable bonds is 10. The molecule has 0 bridgehead atoms. The number of ether oxygens (including phenoxy) is 1. The van der Waals surface area contributed by atoms with E-state index < -0.39 is 5.97 Å². The Morgan fingerprint density at radius 2 is 1.91 bits per heavy atom. The van der Waals surface area contributed by atoms with E-state index >= 15 is 0 Å². The van der Waals surface area contributed by atoms with Gasteiger partial charge in [0.1, 0.15) is 24.5 Å². The molecule has 9 nitrogen and oxygen atoms in total. The van der Waals surface area contributed by atoms with Gasteiger partial charge < -0.3 is 19.6 Å². The van der Waals surface area contributed by atoms with E-state index in [1.165, 1.54) is 4.90 Å². The molecule has 33 heavy (non-hydrogen) atoms. The monoisotopic (exact) mass is 450 g/mol. The number of amides is 2. The lowest BCUT2D eigenvalue weighted by molar-refractivity contribution is -0.145. The van der Waals surface area contributed by atoms with E-state index in [0.717, 1.165) is 16.8 Å². The van der Waals surface area contributed by atoms with Crippen LogP contribution in [0.4, 0.5) is 5.69 Å². The maximum Gasteiger partial charge on any atom is 0.323 e. The van der Waals surface area contributed by atoms with Gasteiger partial charge in [-0.15, -0.1) is 0 Å². The van der Waals surface area contributed by atoms with E-state index in [-0.39, 0.29) is 31.3 Å². The van der Waals surface area contributed by atoms with Crippen molar-refractivity contribution in [2.75, 3.05) is 19.7 Å². The second kappa shape index (κ2) is 10.2. The molecule has 2 heterocycles. The number of unbranched alkanes of at least 4 members (excludes halogenated alkanes) is 1. The number of aliphatic imine (C=N–C) groups is 1. The fraction of sp³-hybridized carbons (Fsp3) is 0.333. The predicted octanol–water partition coefficient (Wildman–Crippen LogP) is 2.28. The molecule has 172 valence electrons. The number of carboxylic acids is 1. The van der Waals surface area contributed by atoms with E-state index in [0.29, 0.717) is 44.2 Å². The SMILES string of the molecule is O=C(O)CN(Cc1ccccc1)C(=O)CCCCOc1cccc2c1N=C1NC(=O)CN1C2. The number of nitrogens with zero attached hydrogens (tertiary/aromatic N) is 3. The van der Waals surface area contributed by atoms with Gasteiger partial charge in [-0.3, -0.25) is 19.7 Å². The number of fused-ring (bicyclic) bond motifs is 2. The van der Waals surface area contributed by atoms with Gasteiger partial charge in [-0.2, -0.15) is 0 Å². The zero-order chi connectivity index (χ0) is 23.2. The Morgan fingerprint density at radius 1 is 1.09 bits per heavy atom. The van der Waals surface area contributed by atoms with Gasteiger partial charge in [-0.25, -0.2) is 4.99 Å². The Morgan fingerprint density at radius 3 is 2.70 bits per heavy atom. The number of para-hydroxylation sites is 1. The predicted molar refractivity (Wildman–Crippen MR) is 121 cm³/mol. The molecule has 1 saturated heterocycles. The van der Waals surface area contributed by atoms with Gasteiger partial charge >= 0.3 is 5.97 Å². The minimum atomic E-state index is -1.03. The minimum absolute atomic E-state index is 0.0714. The highest BCUT2D eigenvalue weighted by atomic mass is 16.5. The lowest BCUT2D eigenvalue weighted by atomic mass is 10.1. The Hall–Kier alpha value is -3.88. The summed E-state index contributed by atoms with van der Waals surface area (Å²) >= 11 is 0. The molecule has 0 aromatic heterocycles. The summed E-state index contributed by atoms with van der Waals surface area (Å²) in [5.74, 6) is -0.107. The van der Waals surface area contributed by atoms with Crippen molar-refractivity contribution >= 4 is 29.4 Å². The molecule has 2 N–H and O–H groups in total. The van der Waals surface area contributed by atoms with Crippen molar-refractivity contribution in [1.29, 1.82) is 0 Å². The highest BCUT2D eigenvalue weighted by Crippen LogP contribution is 2.36. The fourth-order valence-electron chi connectivity index (χ4n) is 3.89. The first-order chi connectivity index (χ1) is 16.0. The Balaban J connectivity index is 1.27. The van der Waals surface area contributed by atoms with Crippen molar-refractivity contribution in [3.05, 3.63) is 59.7 Å². The maximum atomic E-state index is 12.6. The number of hydrogen-bond donors (Lipinski definition) is 2. The highest BCUT2D eigenvalue weighted by Gasteiger charge is 2.30. The van der Waals surface area contributed by atoms with Crippen molar-refractivity contribution < 1.29 is 24.2 Å². The summed E-state index contributed by atoms with van der Waals surface area (Å²) in [6.45, 7) is 1.25. The standard InChI is InChI=1S/C24H26N4O5/c29-20-15-28-14-18-9-6-10-19(23(18)26-24(28)25-20)33-12-5-4-11-21(30)27(16-22(31)32)13-17-7-2-1-3-8-17/h1-3,6-10H,4-5,11-16H2,(H,31,32)(H,25,26,29). The van der Waals surface area contributed by atoms with Crippen molar-refractivity contribution in [1.82, 2.24) is 15.1 Å². The minimum Gasteiger partial charge on any atom is -0.491 e. The van der Waals surface area contributed by atoms with Gasteiger partial charge in [-0.05, 0) is 24.5 Å². The zero-order valence-electron chi connectivity index (χ0n) is 18.2. The summed E-state index contributed by atoms with van der Waals surface area (Å²) < 4.78 is 5.92. The number of aliphatic carboxylic acids is 1. The Kier molecular flexibility index (Phi) is 6.87. The first-order valence-electron chi connectivity index (χ1n) is 10.9. The second-order valence-corrected chi connectivity index (χ2v) is 8.04. The molecule has 2 amide bonds. The van der Waals surface area contributed by atoms with E-state index in [2.05, 4.69) is 10.3 Å². The molecule has 0 unspecified atom stereocenters. The maximum absolute atomic E-state index is 12.6. The third-order valence-electron chi connectivity index (χ3n) is 5.48. The highest BCUT2D eigenvalue weighted by molar-refractivity contribution is 6.06. The van der Waals surface area contributed by atoms with Gasteiger partial charge in [0, 0.05) is 25.1 Å². The molecule has 0 aliphatic carbocycles. The molecule has 2 aliphatic rings. The zero-order valence-corrected chi connectivity index (χ0v) is 18.2. The molecule has 0 radical (unpaired) electrons. The fourth-order valence-corrected chi connectivity index (χ4v) is 3.89. The van der Waals surface area contributed by atoms with Crippen LogP contribution in [0.1, 0.15) is 30.4 Å². The van der Waals surface area contributed by atoms with Crippen LogP contribution in [0.15, 0.2) is 53.5 Å². The van der Waals surface area contributed by atoms with Gasteiger partial charge in [0.15, 0.2) is 0 Å². The average molecular weight is 450 g/mol. The second-order valence-electron chi connectivity index (χ2n) is 8.04. The molecule has 1 fully saturated rings. The summed E-state index contributed by atoms with van der Waals surface area (Å²) in [5, 5.41) is 11.9. The molecule has 0 atom stereocenters. The molecule has 0 saturated carbocycles. The number of carbonyl (C=O) groups excluding carboxylic acids is 2. The van der Waals surface area contributed by atoms with Crippen LogP contribution in [0.2, 0.25) is 0 Å². The first kappa shape index (κ1) is 22.3. The summed E-state index contributed by atoms with van der Waals surface area (Å²) in [5.41, 5.74) is 2.61. The molecule has 2 aromatic carbocycles. The summed E-state index contributed by atoms with van der Waals surface area (Å²) in [6, 6.07) is 15.1. The molecular formula is C24H26N4O5. The molecule has 2 aromatic rings. The van der Waals surface area contributed by atoms with Crippen LogP contribution in [0, 0.1) is 0 Å². The molecule has 2 aliphatic heterocycles. The molecule has 9 heteroatoms. The molecule has 4 rings (SSSR count). The smallest absolute Gasteiger partial charge is 0.323 e. The quantitative estimate of drug-likeness (QED) is 0.537. The lowest BCUT2D eigenvalue weighted by Crippen LogP contribution is -2.35. The van der Waals surface area contributed by atoms with E-state index in [9.17, 15) is 14.4 Å². The van der Waals surface area contributed by atoms with Gasteiger partial charge in [0.05, 0.1) is 6.61 Å². The normalized spacial score (nSPS) is 14.1. The van der Waals surface area contributed by atoms with Crippen LogP contribution in [0.5, 0.6) is 5.75 Å². The number of hydrogen-bond acceptors (Lipinski definition) is 6. The van der Waals surface area contributed by atoms with E-state index in [1.807, 2.05) is 53.4 Å². The van der Waals surface area contributed by atoms with Crippen LogP contribution >= 0.6 is 0 Å². The topological polar surface area (TPSA) is 112 Å². The Labute approximate surface area is 191 Å². The van der Waals surface area contributed by atoms with Crippen LogP contribution in [0.25, 0.3) is 0 Å². The van der Waals surface area contributed by atoms with E-state index in [4.69, 9.17) is 9.84 Å². The number of guanidine groups is 1. The van der Waals surface area contributed by atoms with Crippen molar-refractivity contribution in [2.45, 2.75) is 32.4 Å². The van der Waals surface area contributed by atoms with Crippen molar-refractivity contribution in [2.24, 2.45) is 4.99 Å². The Bertz CT molecular complexity index is 1070. The summed E-state index contributed by atoms with van der Waals surface area (Å²) in [4.78, 5) is 43.2. The molecular weight excluding hydrogens is 424 g/mol. The summed E-state index contributed by atoms with van der Waals surface area (Å²) in [7, 11) is 0. The van der Waals surface area contributed by atoms with Crippen LogP contribution in [0.3, 0.4) is 0 Å². The van der Waals surface area contributed by atoms with Crippen LogP contribution in [-0.4, -0.2) is 58.3 Å². The van der Waals surface area contributed by atoms with Crippen molar-refractivity contribution in [3.8, 4) is 5.75 Å². The van der Waals surface area contributed by atoms with E-state index in [1.54, 1.807) is 0 Å². The van der Waals surface area contributed by atoms with Gasteiger partial charge in [-0.1, -0.05) is 42.5 Å². The average Bonchev–Trinajstić information content (AvgIpc) is 3.16. The number of carbonyl (C=O) groups is 3. The third-order valence-corrected chi connectivity index (χ3v) is 5.48. The van der Waals surface area contributed by atoms with Gasteiger partial charge in [0.2, 0.25) is 17.8 Å². The number of carboxylic acid groups (broad SMARTS) is 1. The molecule has 0 spiro atoms. The first-order valence-corrected chi connectivity index (χ1v) is 10.9. The van der Waals surface area contributed by atoms with Crippen LogP contribution in [-0.2, 0) is 27.5 Å². The largest absolute Gasteiger partial charge is 0.491 e.